The van der Waals surface area contributed by atoms with Gasteiger partial charge in [-0.1, -0.05) is 62.4 Å². The van der Waals surface area contributed by atoms with Crippen LogP contribution in [0.5, 0.6) is 0 Å². The van der Waals surface area contributed by atoms with Crippen LogP contribution in [-0.2, 0) is 14.3 Å². The highest BCUT2D eigenvalue weighted by atomic mass is 16.5. The van der Waals surface area contributed by atoms with E-state index in [1.54, 1.807) is 17.3 Å². The molecule has 61 heavy (non-hydrogen) atoms. The van der Waals surface area contributed by atoms with E-state index in [0.29, 0.717) is 53.8 Å². The first-order chi connectivity index (χ1) is 29.6. The molecule has 0 bridgehead atoms. The summed E-state index contributed by atoms with van der Waals surface area (Å²) in [4.78, 5) is 76.8. The lowest BCUT2D eigenvalue weighted by molar-refractivity contribution is -0.135. The van der Waals surface area contributed by atoms with Gasteiger partial charge in [0.05, 0.1) is 43.0 Å². The molecule has 2 saturated heterocycles. The number of hydrogen-bond acceptors (Lipinski definition) is 9. The van der Waals surface area contributed by atoms with Crippen molar-refractivity contribution in [2.24, 2.45) is 5.92 Å². The third kappa shape index (κ3) is 8.56. The third-order valence-electron chi connectivity index (χ3n) is 11.4. The fourth-order valence-electron chi connectivity index (χ4n) is 8.26. The van der Waals surface area contributed by atoms with Crippen molar-refractivity contribution in [1.82, 2.24) is 50.7 Å². The Morgan fingerprint density at radius 1 is 0.803 bits per heavy atom. The number of amides is 5. The lowest BCUT2D eigenvalue weighted by Crippen LogP contribution is -2.51. The number of H-pyrrole nitrogens is 2. The van der Waals surface area contributed by atoms with Crippen molar-refractivity contribution in [3.63, 3.8) is 0 Å². The number of carbonyl (C=O) groups is 4. The molecule has 0 radical (unpaired) electrons. The zero-order valence-electron chi connectivity index (χ0n) is 34.6. The van der Waals surface area contributed by atoms with Crippen LogP contribution in [0.15, 0.2) is 89.6 Å². The van der Waals surface area contributed by atoms with E-state index in [0.717, 1.165) is 53.8 Å². The number of methoxy groups -OCH3 is 1. The maximum atomic E-state index is 14.0. The van der Waals surface area contributed by atoms with Crippen LogP contribution in [0, 0.1) is 5.92 Å². The molecule has 0 spiro atoms. The van der Waals surface area contributed by atoms with E-state index >= 15 is 0 Å². The highest BCUT2D eigenvalue weighted by Crippen LogP contribution is 2.36. The summed E-state index contributed by atoms with van der Waals surface area (Å²) >= 11 is 0. The van der Waals surface area contributed by atoms with Gasteiger partial charge in [0.15, 0.2) is 5.58 Å². The number of carbonyl (C=O) groups excluding carboxylic acids is 4. The molecule has 16 nitrogen and oxygen atoms in total. The number of urea groups is 1. The Bertz CT molecular complexity index is 2510. The van der Waals surface area contributed by atoms with Crippen LogP contribution < -0.4 is 16.0 Å². The number of aromatic nitrogens is 5. The Kier molecular flexibility index (Phi) is 11.8. The summed E-state index contributed by atoms with van der Waals surface area (Å²) in [5.41, 5.74) is 6.20. The molecule has 0 aliphatic carbocycles. The molecule has 0 unspecified atom stereocenters. The van der Waals surface area contributed by atoms with E-state index in [1.807, 2.05) is 98.5 Å². The Morgan fingerprint density at radius 2 is 1.41 bits per heavy atom. The lowest BCUT2D eigenvalue weighted by atomic mass is 10.0. The van der Waals surface area contributed by atoms with Crippen molar-refractivity contribution in [1.29, 1.82) is 0 Å². The predicted octanol–water partition coefficient (Wildman–Crippen LogP) is 7.04. The average molecular weight is 827 g/mol. The molecule has 5 N–H and O–H groups in total. The van der Waals surface area contributed by atoms with Crippen molar-refractivity contribution in [2.75, 3.05) is 26.7 Å². The molecule has 2 fully saturated rings. The fraction of sp³-hybridized carbons (Fsp3) is 0.356. The first kappa shape index (κ1) is 40.8. The molecule has 6 aromatic rings. The Hall–Kier alpha value is -6.97. The number of nitrogens with one attached hydrogen (secondary N) is 5. The molecule has 2 aliphatic rings. The lowest BCUT2D eigenvalue weighted by Gasteiger charge is -2.30. The monoisotopic (exact) mass is 826 g/mol. The van der Waals surface area contributed by atoms with Gasteiger partial charge < -0.3 is 44.9 Å². The van der Waals surface area contributed by atoms with Gasteiger partial charge in [0.2, 0.25) is 17.7 Å². The second-order valence-corrected chi connectivity index (χ2v) is 15.7. The second-order valence-electron chi connectivity index (χ2n) is 15.7. The maximum Gasteiger partial charge on any atom is 0.407 e. The minimum atomic E-state index is -0.832. The smallest absolute Gasteiger partial charge is 0.407 e. The van der Waals surface area contributed by atoms with E-state index in [9.17, 15) is 19.2 Å². The van der Waals surface area contributed by atoms with Crippen LogP contribution in [0.2, 0.25) is 0 Å². The van der Waals surface area contributed by atoms with Crippen LogP contribution in [-0.4, -0.2) is 91.4 Å². The highest BCUT2D eigenvalue weighted by Gasteiger charge is 2.38. The molecule has 3 aromatic heterocycles. The molecule has 0 saturated carbocycles. The number of ether oxygens (including phenoxy) is 1. The summed E-state index contributed by atoms with van der Waals surface area (Å²) in [5, 5.41) is 8.29. The number of rotatable bonds is 12. The van der Waals surface area contributed by atoms with Gasteiger partial charge in [-0.25, -0.2) is 24.5 Å². The van der Waals surface area contributed by atoms with Gasteiger partial charge in [-0.15, -0.1) is 0 Å². The second kappa shape index (κ2) is 17.7. The van der Waals surface area contributed by atoms with Gasteiger partial charge >= 0.3 is 12.1 Å². The van der Waals surface area contributed by atoms with Crippen LogP contribution >= 0.6 is 0 Å². The summed E-state index contributed by atoms with van der Waals surface area (Å²) in [6.45, 7) is 7.19. The molecule has 4 atom stereocenters. The van der Waals surface area contributed by atoms with E-state index in [2.05, 4.69) is 30.9 Å². The average Bonchev–Trinajstić information content (AvgIpc) is 4.13. The van der Waals surface area contributed by atoms with Crippen molar-refractivity contribution < 1.29 is 28.3 Å². The van der Waals surface area contributed by atoms with E-state index < -0.39 is 24.2 Å². The summed E-state index contributed by atoms with van der Waals surface area (Å²) in [5.74, 6) is 1.38. The number of oxazole rings is 1. The number of imidazole rings is 2. The van der Waals surface area contributed by atoms with Gasteiger partial charge in [-0.2, -0.15) is 0 Å². The van der Waals surface area contributed by atoms with Crippen molar-refractivity contribution in [2.45, 2.75) is 70.6 Å². The number of nitrogens with zero attached hydrogens (tertiary/aromatic N) is 5. The van der Waals surface area contributed by atoms with Crippen LogP contribution in [0.3, 0.4) is 0 Å². The SMILES string of the molecule is CCNC(=O)N[C@@H](C(=O)N1CCC[C@H]1c1ncc(-c2ccc(-c3nc4ccc(-c5cnc([C@@H]6CCCN6C(=O)[C@@H](NC(=O)OC)C(C)C)[nH]5)cc4o3)cc2)[nH]1)c1ccccc1. The van der Waals surface area contributed by atoms with E-state index in [1.165, 1.54) is 7.11 Å². The number of aromatic amines is 2. The molecular formula is C45H50N10O6. The topological polar surface area (TPSA) is 203 Å². The number of benzene rings is 3. The van der Waals surface area contributed by atoms with Gasteiger partial charge in [-0.05, 0) is 73.9 Å². The fourth-order valence-corrected chi connectivity index (χ4v) is 8.26. The summed E-state index contributed by atoms with van der Waals surface area (Å²) in [6.07, 6.45) is 6.04. The van der Waals surface area contributed by atoms with Gasteiger partial charge in [0.1, 0.15) is 29.2 Å². The molecule has 16 heteroatoms. The summed E-state index contributed by atoms with van der Waals surface area (Å²) in [7, 11) is 1.28. The predicted molar refractivity (Wildman–Crippen MR) is 228 cm³/mol. The minimum absolute atomic E-state index is 0.125. The van der Waals surface area contributed by atoms with Gasteiger partial charge in [-0.3, -0.25) is 9.59 Å². The largest absolute Gasteiger partial charge is 0.453 e. The minimum Gasteiger partial charge on any atom is -0.453 e. The molecule has 8 rings (SSSR count). The summed E-state index contributed by atoms with van der Waals surface area (Å²) in [6, 6.07) is 20.5. The quantitative estimate of drug-likeness (QED) is 0.0857. The Balaban J connectivity index is 0.949. The Labute approximate surface area is 352 Å². The van der Waals surface area contributed by atoms with E-state index in [-0.39, 0.29) is 29.8 Å². The third-order valence-corrected chi connectivity index (χ3v) is 11.4. The zero-order chi connectivity index (χ0) is 42.6. The van der Waals surface area contributed by atoms with Crippen LogP contribution in [0.1, 0.15) is 81.8 Å². The molecule has 2 aliphatic heterocycles. The molecule has 3 aromatic carbocycles. The van der Waals surface area contributed by atoms with Crippen LogP contribution in [0.4, 0.5) is 9.59 Å². The number of hydrogen-bond donors (Lipinski definition) is 5. The molecule has 5 amide bonds. The normalized spacial score (nSPS) is 17.4. The number of fused-ring (bicyclic) bond motifs is 1. The van der Waals surface area contributed by atoms with Crippen molar-refractivity contribution in [3.8, 4) is 34.0 Å². The number of likely N-dealkylation sites (tertiary alicyclic amines) is 2. The number of alkyl carbamates (subject to hydrolysis) is 1. The van der Waals surface area contributed by atoms with Crippen molar-refractivity contribution in [3.05, 3.63) is 102 Å². The maximum absolute atomic E-state index is 14.0. The highest BCUT2D eigenvalue weighted by molar-refractivity contribution is 5.89. The first-order valence-corrected chi connectivity index (χ1v) is 20.8. The summed E-state index contributed by atoms with van der Waals surface area (Å²) < 4.78 is 11.0. The van der Waals surface area contributed by atoms with Gasteiger partial charge in [0.25, 0.3) is 0 Å². The van der Waals surface area contributed by atoms with E-state index in [4.69, 9.17) is 19.1 Å². The molecule has 5 heterocycles. The molecular weight excluding hydrogens is 777 g/mol. The van der Waals surface area contributed by atoms with Crippen molar-refractivity contribution >= 4 is 35.0 Å². The van der Waals surface area contributed by atoms with Crippen LogP contribution in [0.25, 0.3) is 45.1 Å². The standard InChI is InChI=1S/C45H50N10O6/c1-5-46-44(58)52-38(28-11-7-6-8-12-28)43(57)55-22-10-14-35(55)39-47-24-32(49-39)27-15-17-29(18-16-27)41-51-31-20-19-30(23-36(31)61-41)33-25-48-40(50-33)34-13-9-21-54(34)42(56)37(26(2)3)53-45(59)60-4/h6-8,11-12,15-20,23-26,34-35,37-38H,5,9-10,13-14,21-22H2,1-4H3,(H,47,49)(H,48,50)(H,53,59)(H2,46,52,58)/t34-,35-,37-,38+/m0/s1. The van der Waals surface area contributed by atoms with Gasteiger partial charge in [0, 0.05) is 30.8 Å². The molecule has 316 valence electrons. The zero-order valence-corrected chi connectivity index (χ0v) is 34.6. The first-order valence-electron chi connectivity index (χ1n) is 20.8. The Morgan fingerprint density at radius 3 is 2.03 bits per heavy atom.